The number of rotatable bonds is 2. The molecule has 0 spiro atoms. The maximum absolute atomic E-state index is 12.5. The van der Waals surface area contributed by atoms with Crippen molar-refractivity contribution in [3.8, 4) is 0 Å². The maximum Gasteiger partial charge on any atom is 0.282 e. The van der Waals surface area contributed by atoms with E-state index in [1.54, 1.807) is 24.3 Å². The van der Waals surface area contributed by atoms with Gasteiger partial charge in [-0.2, -0.15) is 0 Å². The van der Waals surface area contributed by atoms with Gasteiger partial charge in [-0.25, -0.2) is 5.01 Å². The van der Waals surface area contributed by atoms with Gasteiger partial charge in [-0.3, -0.25) is 15.0 Å². The quantitative estimate of drug-likeness (QED) is 0.582. The molecule has 0 radical (unpaired) electrons. The summed E-state index contributed by atoms with van der Waals surface area (Å²) in [5.74, 6) is -1.09. The highest BCUT2D eigenvalue weighted by Crippen LogP contribution is 2.31. The summed E-state index contributed by atoms with van der Waals surface area (Å²) in [5, 5.41) is 2.30. The zero-order valence-electron chi connectivity index (χ0n) is 11.8. The number of nitrogens with zero attached hydrogens (tertiary/aromatic N) is 1. The smallest absolute Gasteiger partial charge is 0.267 e. The summed E-state index contributed by atoms with van der Waals surface area (Å²) in [6.45, 7) is 0. The van der Waals surface area contributed by atoms with Gasteiger partial charge < -0.3 is 0 Å². The minimum atomic E-state index is -0.554. The second-order valence-electron chi connectivity index (χ2n) is 4.88. The highest BCUT2D eigenvalue weighted by atomic mass is 35.5. The molecule has 2 aromatic rings. The third-order valence-electron chi connectivity index (χ3n) is 3.33. The third kappa shape index (κ3) is 3.10. The average molecular weight is 402 g/mol. The van der Waals surface area contributed by atoms with Crippen molar-refractivity contribution in [1.29, 1.82) is 0 Å². The van der Waals surface area contributed by atoms with Crippen LogP contribution in [0.3, 0.4) is 0 Å². The van der Waals surface area contributed by atoms with E-state index in [4.69, 9.17) is 46.4 Å². The van der Waals surface area contributed by atoms with Crippen LogP contribution in [0.5, 0.6) is 0 Å². The van der Waals surface area contributed by atoms with Crippen molar-refractivity contribution in [3.63, 3.8) is 0 Å². The fraction of sp³-hybridized carbons (Fsp3) is 0. The summed E-state index contributed by atoms with van der Waals surface area (Å²) in [6.07, 6.45) is 1.39. The molecule has 0 aromatic heterocycles. The average Bonchev–Trinajstić information content (AvgIpc) is 2.82. The predicted octanol–water partition coefficient (Wildman–Crippen LogP) is 4.76. The lowest BCUT2D eigenvalue weighted by molar-refractivity contribution is -0.117. The van der Waals surface area contributed by atoms with Crippen LogP contribution in [0.4, 0.5) is 5.69 Å². The molecule has 1 aliphatic rings. The minimum absolute atomic E-state index is 0.0646. The Kier molecular flexibility index (Phi) is 4.74. The van der Waals surface area contributed by atoms with Gasteiger partial charge in [-0.15, -0.1) is 0 Å². The molecule has 1 saturated heterocycles. The number of carbonyl (C=O) groups excluding carboxylic acids is 2. The molecule has 1 heterocycles. The summed E-state index contributed by atoms with van der Waals surface area (Å²) < 4.78 is 0. The molecule has 24 heavy (non-hydrogen) atoms. The van der Waals surface area contributed by atoms with E-state index in [-0.39, 0.29) is 15.6 Å². The molecule has 2 aromatic carbocycles. The maximum atomic E-state index is 12.5. The van der Waals surface area contributed by atoms with Crippen LogP contribution in [0.15, 0.2) is 42.0 Å². The Balaban J connectivity index is 1.98. The molecular formula is C16H8Cl4N2O2. The molecule has 1 aliphatic heterocycles. The van der Waals surface area contributed by atoms with E-state index in [1.807, 2.05) is 0 Å². The monoisotopic (exact) mass is 400 g/mol. The summed E-state index contributed by atoms with van der Waals surface area (Å²) >= 11 is 23.8. The topological polar surface area (TPSA) is 49.4 Å². The van der Waals surface area contributed by atoms with Crippen molar-refractivity contribution >= 4 is 70.0 Å². The Morgan fingerprint density at radius 2 is 1.67 bits per heavy atom. The number of hydrogen-bond donors (Lipinski definition) is 1. The Morgan fingerprint density at radius 3 is 2.38 bits per heavy atom. The van der Waals surface area contributed by atoms with E-state index in [9.17, 15) is 9.59 Å². The van der Waals surface area contributed by atoms with Crippen molar-refractivity contribution in [2.75, 3.05) is 5.01 Å². The molecule has 0 aliphatic carbocycles. The molecule has 2 amide bonds. The van der Waals surface area contributed by atoms with Gasteiger partial charge in [0.2, 0.25) is 0 Å². The van der Waals surface area contributed by atoms with Crippen molar-refractivity contribution in [2.45, 2.75) is 0 Å². The Hall–Kier alpha value is -1.72. The van der Waals surface area contributed by atoms with E-state index < -0.39 is 11.8 Å². The predicted molar refractivity (Wildman–Crippen MR) is 96.5 cm³/mol. The van der Waals surface area contributed by atoms with Gasteiger partial charge >= 0.3 is 0 Å². The van der Waals surface area contributed by atoms with Gasteiger partial charge in [0.15, 0.2) is 0 Å². The van der Waals surface area contributed by atoms with Gasteiger partial charge in [-0.05, 0) is 35.9 Å². The van der Waals surface area contributed by atoms with E-state index in [2.05, 4.69) is 5.43 Å². The van der Waals surface area contributed by atoms with Crippen LogP contribution in [-0.4, -0.2) is 11.8 Å². The van der Waals surface area contributed by atoms with Gasteiger partial charge in [0.05, 0.1) is 25.8 Å². The van der Waals surface area contributed by atoms with Crippen molar-refractivity contribution in [1.82, 2.24) is 5.43 Å². The van der Waals surface area contributed by atoms with E-state index in [1.165, 1.54) is 18.2 Å². The largest absolute Gasteiger partial charge is 0.282 e. The molecule has 122 valence electrons. The lowest BCUT2D eigenvalue weighted by atomic mass is 10.1. The summed E-state index contributed by atoms with van der Waals surface area (Å²) in [5.41, 5.74) is 3.27. The van der Waals surface area contributed by atoms with Crippen molar-refractivity contribution < 1.29 is 9.59 Å². The van der Waals surface area contributed by atoms with Gasteiger partial charge in [0, 0.05) is 0 Å². The molecule has 4 nitrogen and oxygen atoms in total. The van der Waals surface area contributed by atoms with Crippen LogP contribution in [0.25, 0.3) is 6.08 Å². The fourth-order valence-electron chi connectivity index (χ4n) is 2.15. The molecule has 3 rings (SSSR count). The van der Waals surface area contributed by atoms with Crippen molar-refractivity contribution in [3.05, 3.63) is 67.6 Å². The lowest BCUT2D eigenvalue weighted by Crippen LogP contribution is -2.35. The van der Waals surface area contributed by atoms with Gasteiger partial charge in [0.1, 0.15) is 5.57 Å². The second kappa shape index (κ2) is 6.65. The summed E-state index contributed by atoms with van der Waals surface area (Å²) in [4.78, 5) is 24.7. The number of hydrazine groups is 1. The standard InChI is InChI=1S/C16H8Cl4N2O2/c17-11-5-4-9(7-13(11)19)22-16(24)10(15(23)21-22)6-8-2-1-3-12(18)14(8)20/h1-7H,(H,21,23)/b10-6-. The first kappa shape index (κ1) is 17.1. The molecule has 8 heteroatoms. The molecule has 0 bridgehead atoms. The van der Waals surface area contributed by atoms with Crippen LogP contribution in [0.2, 0.25) is 20.1 Å². The Bertz CT molecular complexity index is 896. The lowest BCUT2D eigenvalue weighted by Gasteiger charge is -2.15. The zero-order valence-corrected chi connectivity index (χ0v) is 14.8. The van der Waals surface area contributed by atoms with E-state index in [0.29, 0.717) is 21.3 Å². The summed E-state index contributed by atoms with van der Waals surface area (Å²) in [6, 6.07) is 9.54. The Morgan fingerprint density at radius 1 is 0.917 bits per heavy atom. The number of carbonyl (C=O) groups is 2. The Labute approximate surface area is 157 Å². The zero-order chi connectivity index (χ0) is 17.4. The number of nitrogens with one attached hydrogen (secondary N) is 1. The minimum Gasteiger partial charge on any atom is -0.267 e. The van der Waals surface area contributed by atoms with Crippen LogP contribution in [0, 0.1) is 0 Å². The summed E-state index contributed by atoms with van der Waals surface area (Å²) in [7, 11) is 0. The second-order valence-corrected chi connectivity index (χ2v) is 6.48. The van der Waals surface area contributed by atoms with Gasteiger partial charge in [0.25, 0.3) is 11.8 Å². The highest BCUT2D eigenvalue weighted by Gasteiger charge is 2.34. The highest BCUT2D eigenvalue weighted by molar-refractivity contribution is 6.43. The molecule has 0 saturated carbocycles. The van der Waals surface area contributed by atoms with E-state index in [0.717, 1.165) is 5.01 Å². The first-order valence-electron chi connectivity index (χ1n) is 6.64. The molecule has 1 fully saturated rings. The van der Waals surface area contributed by atoms with Crippen molar-refractivity contribution in [2.24, 2.45) is 0 Å². The van der Waals surface area contributed by atoms with Crippen LogP contribution in [-0.2, 0) is 9.59 Å². The SMILES string of the molecule is O=C1NN(c2ccc(Cl)c(Cl)c2)C(=O)/C1=C\c1cccc(Cl)c1Cl. The molecule has 0 atom stereocenters. The van der Waals surface area contributed by atoms with Crippen LogP contribution in [0.1, 0.15) is 5.56 Å². The van der Waals surface area contributed by atoms with E-state index >= 15 is 0 Å². The number of amides is 2. The first-order valence-corrected chi connectivity index (χ1v) is 8.16. The fourth-order valence-corrected chi connectivity index (χ4v) is 2.81. The van der Waals surface area contributed by atoms with Crippen LogP contribution < -0.4 is 10.4 Å². The number of halogens is 4. The molecule has 0 unspecified atom stereocenters. The first-order chi connectivity index (χ1) is 11.4. The number of benzene rings is 2. The third-order valence-corrected chi connectivity index (χ3v) is 4.91. The number of hydrogen-bond acceptors (Lipinski definition) is 2. The normalized spacial score (nSPS) is 16.0. The number of anilines is 1. The van der Waals surface area contributed by atoms with Gasteiger partial charge in [-0.1, -0.05) is 58.5 Å². The van der Waals surface area contributed by atoms with Crippen LogP contribution >= 0.6 is 46.4 Å². The molecular weight excluding hydrogens is 394 g/mol. The molecule has 1 N–H and O–H groups in total.